The molecule has 0 aromatic heterocycles. The van der Waals surface area contributed by atoms with Gasteiger partial charge in [0.25, 0.3) is 0 Å². The molecule has 0 aliphatic heterocycles. The molecule has 3 atom stereocenters. The fraction of sp³-hybridized carbons (Fsp3) is 0.471. The van der Waals surface area contributed by atoms with Gasteiger partial charge in [-0.25, -0.2) is 0 Å². The fourth-order valence-electron chi connectivity index (χ4n) is 2.85. The maximum absolute atomic E-state index is 12.8. The number of carbonyl (C=O) groups excluding carboxylic acids is 3. The molecule has 0 amide bonds. The van der Waals surface area contributed by atoms with Crippen molar-refractivity contribution in [3.8, 4) is 0 Å². The molecule has 0 radical (unpaired) electrons. The second kappa shape index (κ2) is 9.11. The molecule has 3 unspecified atom stereocenters. The van der Waals surface area contributed by atoms with Crippen LogP contribution in [0.1, 0.15) is 22.3 Å². The lowest BCUT2D eigenvalue weighted by atomic mass is 9.78. The molecule has 12 heteroatoms. The van der Waals surface area contributed by atoms with Crippen LogP contribution < -0.4 is 0 Å². The lowest BCUT2D eigenvalue weighted by Crippen LogP contribution is -2.50. The van der Waals surface area contributed by atoms with Gasteiger partial charge in [-0.3, -0.25) is 14.4 Å². The van der Waals surface area contributed by atoms with Crippen molar-refractivity contribution in [3.05, 3.63) is 28.3 Å². The van der Waals surface area contributed by atoms with E-state index >= 15 is 0 Å². The third kappa shape index (κ3) is 5.36. The average molecular weight is 457 g/mol. The molecule has 0 bridgehead atoms. The molecule has 1 fully saturated rings. The van der Waals surface area contributed by atoms with Crippen LogP contribution in [-0.4, -0.2) is 63.4 Å². The standard InChI is InChI=1S/C17H16ClF3O7S/c1-29(27)11-3-2-7(13(18)8(11)5-28-6-17(19,20)21)14(24)12-15(25)9(22)4-10(23)16(12)26/h2-3,9-10,12,22-23H,4-6H2,1H3. The Morgan fingerprint density at radius 2 is 1.83 bits per heavy atom. The summed E-state index contributed by atoms with van der Waals surface area (Å²) in [6, 6.07) is 2.23. The highest BCUT2D eigenvalue weighted by molar-refractivity contribution is 7.90. The largest absolute Gasteiger partial charge is 0.612 e. The van der Waals surface area contributed by atoms with Gasteiger partial charge in [0.15, 0.2) is 22.2 Å². The SMILES string of the molecule is C[S+]([O-])c1ccc(C(=O)C2C(=O)C(O)CC(O)C2=O)c(Cl)c1COCC(F)(F)F. The highest BCUT2D eigenvalue weighted by Gasteiger charge is 2.46. The van der Waals surface area contributed by atoms with Crippen molar-refractivity contribution in [2.75, 3.05) is 12.9 Å². The van der Waals surface area contributed by atoms with Gasteiger partial charge in [0.2, 0.25) is 0 Å². The molecule has 0 heterocycles. The maximum atomic E-state index is 12.8. The minimum absolute atomic E-state index is 0.00934. The summed E-state index contributed by atoms with van der Waals surface area (Å²) in [5.41, 5.74) is -0.570. The van der Waals surface area contributed by atoms with Crippen molar-refractivity contribution in [2.45, 2.75) is 36.3 Å². The Kier molecular flexibility index (Phi) is 7.47. The average Bonchev–Trinajstić information content (AvgIpc) is 2.60. The third-order valence-electron chi connectivity index (χ3n) is 4.22. The number of ether oxygens (including phenoxy) is 1. The van der Waals surface area contributed by atoms with Crippen molar-refractivity contribution in [3.63, 3.8) is 0 Å². The molecule has 1 aliphatic rings. The van der Waals surface area contributed by atoms with Crippen molar-refractivity contribution < 1.29 is 47.1 Å². The second-order valence-electron chi connectivity index (χ2n) is 6.34. The van der Waals surface area contributed by atoms with E-state index in [9.17, 15) is 42.3 Å². The van der Waals surface area contributed by atoms with E-state index in [2.05, 4.69) is 4.74 Å². The fourth-order valence-corrected chi connectivity index (χ4v) is 3.99. The van der Waals surface area contributed by atoms with Gasteiger partial charge in [-0.15, -0.1) is 0 Å². The molecular weight excluding hydrogens is 441 g/mol. The number of halogens is 4. The molecular formula is C17H16ClF3O7S. The zero-order chi connectivity index (χ0) is 22.1. The van der Waals surface area contributed by atoms with Crippen molar-refractivity contribution in [1.29, 1.82) is 0 Å². The van der Waals surface area contributed by atoms with Gasteiger partial charge in [0.05, 0.1) is 17.2 Å². The van der Waals surface area contributed by atoms with Gasteiger partial charge in [-0.2, -0.15) is 13.2 Å². The van der Waals surface area contributed by atoms with E-state index in [1.165, 1.54) is 6.26 Å². The number of aliphatic hydroxyl groups excluding tert-OH is 2. The Balaban J connectivity index is 2.42. The minimum Gasteiger partial charge on any atom is -0.612 e. The maximum Gasteiger partial charge on any atom is 0.411 e. The van der Waals surface area contributed by atoms with Crippen LogP contribution in [0.4, 0.5) is 13.2 Å². The number of rotatable bonds is 6. The Morgan fingerprint density at radius 1 is 1.28 bits per heavy atom. The lowest BCUT2D eigenvalue weighted by molar-refractivity contribution is -0.176. The summed E-state index contributed by atoms with van der Waals surface area (Å²) < 4.78 is 53.4. The molecule has 1 aromatic rings. The molecule has 2 rings (SSSR count). The summed E-state index contributed by atoms with van der Waals surface area (Å²) in [4.78, 5) is 37.0. The molecule has 160 valence electrons. The smallest absolute Gasteiger partial charge is 0.411 e. The van der Waals surface area contributed by atoms with Crippen LogP contribution in [0.2, 0.25) is 5.02 Å². The third-order valence-corrected chi connectivity index (χ3v) is 5.66. The van der Waals surface area contributed by atoms with Crippen LogP contribution in [-0.2, 0) is 32.1 Å². The van der Waals surface area contributed by atoms with Crippen LogP contribution in [0.15, 0.2) is 17.0 Å². The van der Waals surface area contributed by atoms with Crippen LogP contribution >= 0.6 is 11.6 Å². The van der Waals surface area contributed by atoms with Gasteiger partial charge >= 0.3 is 6.18 Å². The Bertz CT molecular complexity index is 808. The summed E-state index contributed by atoms with van der Waals surface area (Å²) in [5, 5.41) is 18.9. The van der Waals surface area contributed by atoms with Crippen LogP contribution in [0.25, 0.3) is 0 Å². The predicted molar refractivity (Wildman–Crippen MR) is 94.0 cm³/mol. The Hall–Kier alpha value is -1.50. The summed E-state index contributed by atoms with van der Waals surface area (Å²) in [7, 11) is 0. The van der Waals surface area contributed by atoms with Crippen molar-refractivity contribution >= 4 is 40.1 Å². The summed E-state index contributed by atoms with van der Waals surface area (Å²) in [5.74, 6) is -5.36. The van der Waals surface area contributed by atoms with Gasteiger partial charge < -0.3 is 19.5 Å². The van der Waals surface area contributed by atoms with Crippen LogP contribution in [0, 0.1) is 5.92 Å². The van der Waals surface area contributed by atoms with E-state index in [1.54, 1.807) is 0 Å². The number of ketones is 3. The first-order valence-electron chi connectivity index (χ1n) is 8.12. The highest BCUT2D eigenvalue weighted by Crippen LogP contribution is 2.32. The normalized spacial score (nSPS) is 23.9. The number of hydrogen-bond acceptors (Lipinski definition) is 7. The van der Waals surface area contributed by atoms with Crippen LogP contribution in [0.3, 0.4) is 0 Å². The molecule has 1 saturated carbocycles. The van der Waals surface area contributed by atoms with Gasteiger partial charge in [-0.1, -0.05) is 11.6 Å². The van der Waals surface area contributed by atoms with E-state index < -0.39 is 83.0 Å². The Labute approximate surface area is 171 Å². The molecule has 1 aliphatic carbocycles. The van der Waals surface area contributed by atoms with E-state index in [0.717, 1.165) is 12.1 Å². The first kappa shape index (κ1) is 23.8. The zero-order valence-electron chi connectivity index (χ0n) is 14.9. The van der Waals surface area contributed by atoms with Gasteiger partial charge in [0.1, 0.15) is 31.0 Å². The first-order valence-corrected chi connectivity index (χ1v) is 10.1. The van der Waals surface area contributed by atoms with Gasteiger partial charge in [0, 0.05) is 12.0 Å². The minimum atomic E-state index is -4.63. The van der Waals surface area contributed by atoms with E-state index in [1.807, 2.05) is 0 Å². The molecule has 0 spiro atoms. The van der Waals surface area contributed by atoms with Crippen molar-refractivity contribution in [2.24, 2.45) is 5.92 Å². The number of benzene rings is 1. The summed E-state index contributed by atoms with van der Waals surface area (Å²) >= 11 is 4.43. The topological polar surface area (TPSA) is 124 Å². The quantitative estimate of drug-likeness (QED) is 0.374. The predicted octanol–water partition coefficient (Wildman–Crippen LogP) is 1.22. The summed E-state index contributed by atoms with van der Waals surface area (Å²) in [6.07, 6.45) is -7.39. The summed E-state index contributed by atoms with van der Waals surface area (Å²) in [6.45, 7) is -2.35. The number of alkyl halides is 3. The van der Waals surface area contributed by atoms with E-state index in [-0.39, 0.29) is 10.5 Å². The van der Waals surface area contributed by atoms with E-state index in [4.69, 9.17) is 11.6 Å². The van der Waals surface area contributed by atoms with Crippen molar-refractivity contribution in [1.82, 2.24) is 0 Å². The van der Waals surface area contributed by atoms with Gasteiger partial charge in [-0.05, 0) is 23.3 Å². The number of hydrogen-bond donors (Lipinski definition) is 2. The lowest BCUT2D eigenvalue weighted by Gasteiger charge is -2.26. The molecule has 29 heavy (non-hydrogen) atoms. The molecule has 7 nitrogen and oxygen atoms in total. The molecule has 0 saturated heterocycles. The second-order valence-corrected chi connectivity index (χ2v) is 8.06. The monoisotopic (exact) mass is 456 g/mol. The Morgan fingerprint density at radius 3 is 2.31 bits per heavy atom. The number of carbonyl (C=O) groups is 3. The highest BCUT2D eigenvalue weighted by atomic mass is 35.5. The molecule has 2 N–H and O–H groups in total. The zero-order valence-corrected chi connectivity index (χ0v) is 16.4. The number of aliphatic hydroxyl groups is 2. The van der Waals surface area contributed by atoms with Crippen LogP contribution in [0.5, 0.6) is 0 Å². The number of Topliss-reactive ketones (excluding diaryl/α,β-unsaturated/α-hetero) is 3. The van der Waals surface area contributed by atoms with E-state index in [0.29, 0.717) is 0 Å². The molecule has 1 aromatic carbocycles. The first-order chi connectivity index (χ1) is 13.3.